The molecule has 0 fully saturated rings. The van der Waals surface area contributed by atoms with Crippen molar-refractivity contribution in [2.75, 3.05) is 0 Å². The summed E-state index contributed by atoms with van der Waals surface area (Å²) >= 11 is 0. The molecule has 1 aromatic heterocycles. The Kier molecular flexibility index (Phi) is 4.69. The molecule has 5 aromatic carbocycles. The molecule has 150 valence electrons. The summed E-state index contributed by atoms with van der Waals surface area (Å²) in [6.07, 6.45) is 0. The van der Waals surface area contributed by atoms with Gasteiger partial charge in [0, 0.05) is 16.5 Å². The van der Waals surface area contributed by atoms with Crippen molar-refractivity contribution < 1.29 is 0 Å². The Morgan fingerprint density at radius 1 is 0.424 bits per heavy atom. The highest BCUT2D eigenvalue weighted by Gasteiger charge is 2.15. The molecule has 33 heavy (non-hydrogen) atoms. The Morgan fingerprint density at radius 2 is 0.879 bits per heavy atom. The van der Waals surface area contributed by atoms with Gasteiger partial charge < -0.3 is 4.57 Å². The molecule has 0 amide bonds. The van der Waals surface area contributed by atoms with Crippen molar-refractivity contribution in [2.24, 2.45) is 0 Å². The van der Waals surface area contributed by atoms with Crippen LogP contribution in [0, 0.1) is 0 Å². The summed E-state index contributed by atoms with van der Waals surface area (Å²) < 4.78 is 2.25. The quantitative estimate of drug-likeness (QED) is 0.327. The van der Waals surface area contributed by atoms with E-state index in [2.05, 4.69) is 89.5 Å². The highest BCUT2D eigenvalue weighted by Crippen LogP contribution is 2.36. The molecule has 0 aliphatic carbocycles. The van der Waals surface area contributed by atoms with Gasteiger partial charge in [0.05, 0.1) is 11.0 Å². The summed E-state index contributed by atoms with van der Waals surface area (Å²) in [4.78, 5) is 0. The van der Waals surface area contributed by atoms with E-state index < -0.39 is 0 Å². The van der Waals surface area contributed by atoms with Gasteiger partial charge in [0.25, 0.3) is 0 Å². The zero-order valence-corrected chi connectivity index (χ0v) is 18.1. The van der Waals surface area contributed by atoms with Crippen molar-refractivity contribution in [1.29, 1.82) is 0 Å². The maximum Gasteiger partial charge on any atom is 0.113 e. The molecule has 0 saturated heterocycles. The summed E-state index contributed by atoms with van der Waals surface area (Å²) in [6, 6.07) is 40.0. The first-order chi connectivity index (χ1) is 16.2. The summed E-state index contributed by atoms with van der Waals surface area (Å²) in [7, 11) is 12.3. The standard InChI is InChI=1S/C30H19B2N/c31-24-17-25(32)19-26(18-24)33-29-13-11-22(20-7-3-1-4-8-20)15-27(29)28-16-23(12-14-30(28)33)21-9-5-2-6-10-21/h1-19H. The molecule has 6 rings (SSSR count). The third-order valence-corrected chi connectivity index (χ3v) is 6.20. The normalized spacial score (nSPS) is 11.3. The summed E-state index contributed by atoms with van der Waals surface area (Å²) in [5, 5.41) is 2.40. The molecule has 4 radical (unpaired) electrons. The van der Waals surface area contributed by atoms with E-state index in [9.17, 15) is 0 Å². The van der Waals surface area contributed by atoms with E-state index in [1.807, 2.05) is 24.3 Å². The van der Waals surface area contributed by atoms with Crippen LogP contribution in [-0.2, 0) is 0 Å². The van der Waals surface area contributed by atoms with Crippen LogP contribution in [0.2, 0.25) is 0 Å². The highest BCUT2D eigenvalue weighted by atomic mass is 15.0. The van der Waals surface area contributed by atoms with Gasteiger partial charge in [-0.2, -0.15) is 0 Å². The molecule has 0 unspecified atom stereocenters. The zero-order valence-electron chi connectivity index (χ0n) is 18.1. The fraction of sp³-hybridized carbons (Fsp3) is 0. The van der Waals surface area contributed by atoms with Crippen molar-refractivity contribution in [3.8, 4) is 27.9 Å². The lowest BCUT2D eigenvalue weighted by atomic mass is 9.87. The Balaban J connectivity index is 1.68. The van der Waals surface area contributed by atoms with Gasteiger partial charge in [0.1, 0.15) is 15.7 Å². The molecule has 1 heterocycles. The Hall–Kier alpha value is -3.97. The largest absolute Gasteiger partial charge is 0.309 e. The second-order valence-corrected chi connectivity index (χ2v) is 8.39. The van der Waals surface area contributed by atoms with E-state index in [4.69, 9.17) is 15.7 Å². The summed E-state index contributed by atoms with van der Waals surface area (Å²) in [6.45, 7) is 0. The molecule has 0 spiro atoms. The van der Waals surface area contributed by atoms with Crippen LogP contribution in [0.3, 0.4) is 0 Å². The molecule has 0 N–H and O–H groups in total. The number of aromatic nitrogens is 1. The van der Waals surface area contributed by atoms with Gasteiger partial charge >= 0.3 is 0 Å². The van der Waals surface area contributed by atoms with Crippen LogP contribution < -0.4 is 10.9 Å². The van der Waals surface area contributed by atoms with Crippen LogP contribution >= 0.6 is 0 Å². The van der Waals surface area contributed by atoms with Gasteiger partial charge in [0.2, 0.25) is 0 Å². The topological polar surface area (TPSA) is 4.93 Å². The average Bonchev–Trinajstić information content (AvgIpc) is 3.17. The number of benzene rings is 5. The smallest absolute Gasteiger partial charge is 0.113 e. The first-order valence-electron chi connectivity index (χ1n) is 11.0. The zero-order chi connectivity index (χ0) is 22.4. The fourth-order valence-corrected chi connectivity index (χ4v) is 4.71. The molecule has 0 saturated carbocycles. The molecule has 1 nitrogen and oxygen atoms in total. The second kappa shape index (κ2) is 7.86. The minimum atomic E-state index is 0.654. The number of hydrogen-bond donors (Lipinski definition) is 0. The molecule has 0 aliphatic rings. The van der Waals surface area contributed by atoms with Crippen LogP contribution in [0.1, 0.15) is 0 Å². The molecule has 0 bridgehead atoms. The number of nitrogens with zero attached hydrogens (tertiary/aromatic N) is 1. The third-order valence-electron chi connectivity index (χ3n) is 6.20. The summed E-state index contributed by atoms with van der Waals surface area (Å²) in [5.74, 6) is 0. The first kappa shape index (κ1) is 19.7. The van der Waals surface area contributed by atoms with E-state index in [-0.39, 0.29) is 0 Å². The Morgan fingerprint density at radius 3 is 1.33 bits per heavy atom. The maximum atomic E-state index is 6.16. The fourth-order valence-electron chi connectivity index (χ4n) is 4.71. The first-order valence-corrected chi connectivity index (χ1v) is 11.0. The van der Waals surface area contributed by atoms with Crippen LogP contribution in [0.15, 0.2) is 115 Å². The lowest BCUT2D eigenvalue weighted by Gasteiger charge is -2.11. The van der Waals surface area contributed by atoms with E-state index in [1.165, 1.54) is 33.0 Å². The van der Waals surface area contributed by atoms with Crippen molar-refractivity contribution >= 4 is 48.4 Å². The third kappa shape index (κ3) is 3.47. The number of hydrogen-bond acceptors (Lipinski definition) is 0. The predicted molar refractivity (Wildman–Crippen MR) is 142 cm³/mol. The lowest BCUT2D eigenvalue weighted by molar-refractivity contribution is 1.19. The summed E-state index contributed by atoms with van der Waals surface area (Å²) in [5.41, 5.74) is 9.31. The van der Waals surface area contributed by atoms with Crippen LogP contribution in [-0.4, -0.2) is 20.3 Å². The van der Waals surface area contributed by atoms with Crippen molar-refractivity contribution in [1.82, 2.24) is 4.57 Å². The molecule has 3 heteroatoms. The monoisotopic (exact) mass is 415 g/mol. The van der Waals surface area contributed by atoms with Gasteiger partial charge in [-0.1, -0.05) is 89.8 Å². The van der Waals surface area contributed by atoms with Gasteiger partial charge in [-0.25, -0.2) is 0 Å². The molecular weight excluding hydrogens is 396 g/mol. The van der Waals surface area contributed by atoms with E-state index in [0.29, 0.717) is 10.9 Å². The number of rotatable bonds is 3. The van der Waals surface area contributed by atoms with Gasteiger partial charge in [-0.3, -0.25) is 0 Å². The molecule has 0 aliphatic heterocycles. The molecule has 0 atom stereocenters. The van der Waals surface area contributed by atoms with E-state index >= 15 is 0 Å². The highest BCUT2D eigenvalue weighted by molar-refractivity contribution is 6.38. The second-order valence-electron chi connectivity index (χ2n) is 8.39. The van der Waals surface area contributed by atoms with Crippen LogP contribution in [0.5, 0.6) is 0 Å². The van der Waals surface area contributed by atoms with Crippen molar-refractivity contribution in [3.63, 3.8) is 0 Å². The van der Waals surface area contributed by atoms with Crippen LogP contribution in [0.4, 0.5) is 0 Å². The van der Waals surface area contributed by atoms with Crippen molar-refractivity contribution in [2.45, 2.75) is 0 Å². The van der Waals surface area contributed by atoms with E-state index in [0.717, 1.165) is 16.7 Å². The maximum absolute atomic E-state index is 6.16. The minimum Gasteiger partial charge on any atom is -0.309 e. The molecular formula is C30H19B2N. The Labute approximate surface area is 196 Å². The van der Waals surface area contributed by atoms with Gasteiger partial charge in [0.15, 0.2) is 0 Å². The Bertz CT molecular complexity index is 1500. The van der Waals surface area contributed by atoms with Gasteiger partial charge in [-0.15, -0.1) is 0 Å². The van der Waals surface area contributed by atoms with Crippen LogP contribution in [0.25, 0.3) is 49.7 Å². The SMILES string of the molecule is [B]c1cc([B])cc(-n2c3ccc(-c4ccccc4)cc3c3cc(-c4ccccc4)ccc32)c1. The average molecular weight is 415 g/mol. The van der Waals surface area contributed by atoms with Gasteiger partial charge in [-0.05, 0) is 58.7 Å². The lowest BCUT2D eigenvalue weighted by Crippen LogP contribution is -2.15. The predicted octanol–water partition coefficient (Wildman–Crippen LogP) is 5.71. The van der Waals surface area contributed by atoms with E-state index in [1.54, 1.807) is 6.07 Å². The van der Waals surface area contributed by atoms with Crippen molar-refractivity contribution in [3.05, 3.63) is 115 Å². The number of fused-ring (bicyclic) bond motifs is 3. The minimum absolute atomic E-state index is 0.654. The molecule has 6 aromatic rings.